The van der Waals surface area contributed by atoms with Gasteiger partial charge in [0.05, 0.1) is 8.95 Å². The van der Waals surface area contributed by atoms with Crippen LogP contribution in [0, 0.1) is 0 Å². The van der Waals surface area contributed by atoms with Crippen LogP contribution in [0.3, 0.4) is 0 Å². The molecular weight excluding hydrogens is 369 g/mol. The number of phenolic OH excluding ortho intramolecular Hbond substituents is 1. The van der Waals surface area contributed by atoms with Crippen molar-refractivity contribution in [3.8, 4) is 5.75 Å². The second-order valence-electron chi connectivity index (χ2n) is 3.94. The molecule has 0 heterocycles. The molecule has 0 aromatic heterocycles. The van der Waals surface area contributed by atoms with Gasteiger partial charge in [-0.2, -0.15) is 0 Å². The molecule has 1 aromatic carbocycles. The second kappa shape index (κ2) is 8.35. The highest BCUT2D eigenvalue weighted by molar-refractivity contribution is 9.11. The van der Waals surface area contributed by atoms with Gasteiger partial charge in [-0.05, 0) is 56.0 Å². The minimum absolute atomic E-state index is 0. The predicted molar refractivity (Wildman–Crippen MR) is 81.8 cm³/mol. The molecule has 1 rings (SSSR count). The molecule has 1 atom stereocenters. The van der Waals surface area contributed by atoms with E-state index in [1.807, 2.05) is 12.1 Å². The Kier molecular flexibility index (Phi) is 8.47. The summed E-state index contributed by atoms with van der Waals surface area (Å²) >= 11 is 6.62. The van der Waals surface area contributed by atoms with Crippen LogP contribution in [0.1, 0.15) is 44.2 Å². The van der Waals surface area contributed by atoms with Crippen molar-refractivity contribution in [3.05, 3.63) is 26.6 Å². The number of hydrogen-bond donors (Lipinski definition) is 2. The summed E-state index contributed by atoms with van der Waals surface area (Å²) in [4.78, 5) is 0. The molecule has 17 heavy (non-hydrogen) atoms. The minimum atomic E-state index is 0. The fraction of sp³-hybridized carbons (Fsp3) is 0.500. The fourth-order valence-corrected chi connectivity index (χ4v) is 2.80. The smallest absolute Gasteiger partial charge is 0.143 e. The van der Waals surface area contributed by atoms with Gasteiger partial charge in [0.1, 0.15) is 5.75 Å². The molecule has 0 aliphatic heterocycles. The summed E-state index contributed by atoms with van der Waals surface area (Å²) in [6.07, 6.45) is 4.55. The van der Waals surface area contributed by atoms with Gasteiger partial charge in [-0.25, -0.2) is 0 Å². The van der Waals surface area contributed by atoms with Crippen LogP contribution in [0.2, 0.25) is 0 Å². The zero-order valence-corrected chi connectivity index (χ0v) is 13.7. The molecule has 0 saturated heterocycles. The normalized spacial score (nSPS) is 12.0. The number of unbranched alkanes of at least 4 members (excludes halogenated alkanes) is 2. The Morgan fingerprint density at radius 1 is 1.24 bits per heavy atom. The first-order valence-electron chi connectivity index (χ1n) is 5.49. The van der Waals surface area contributed by atoms with Crippen molar-refractivity contribution in [1.82, 2.24) is 0 Å². The van der Waals surface area contributed by atoms with E-state index in [-0.39, 0.29) is 24.2 Å². The van der Waals surface area contributed by atoms with E-state index in [2.05, 4.69) is 38.8 Å². The summed E-state index contributed by atoms with van der Waals surface area (Å²) < 4.78 is 1.37. The highest BCUT2D eigenvalue weighted by Crippen LogP contribution is 2.35. The van der Waals surface area contributed by atoms with Gasteiger partial charge in [-0.3, -0.25) is 0 Å². The van der Waals surface area contributed by atoms with Crippen LogP contribution >= 0.6 is 44.3 Å². The highest BCUT2D eigenvalue weighted by atomic mass is 79.9. The van der Waals surface area contributed by atoms with E-state index in [0.29, 0.717) is 8.95 Å². The fourth-order valence-electron chi connectivity index (χ4n) is 1.58. The molecule has 5 heteroatoms. The Labute approximate surface area is 126 Å². The molecule has 3 N–H and O–H groups in total. The van der Waals surface area contributed by atoms with Crippen molar-refractivity contribution in [2.24, 2.45) is 5.73 Å². The summed E-state index contributed by atoms with van der Waals surface area (Å²) in [5.74, 6) is 0.226. The molecule has 0 saturated carbocycles. The van der Waals surface area contributed by atoms with Crippen LogP contribution in [0.15, 0.2) is 21.1 Å². The van der Waals surface area contributed by atoms with Gasteiger partial charge in [-0.15, -0.1) is 12.4 Å². The quantitative estimate of drug-likeness (QED) is 0.705. The average Bonchev–Trinajstić information content (AvgIpc) is 2.25. The third-order valence-corrected chi connectivity index (χ3v) is 3.80. The zero-order chi connectivity index (χ0) is 12.1. The van der Waals surface area contributed by atoms with Crippen molar-refractivity contribution in [3.63, 3.8) is 0 Å². The first-order valence-corrected chi connectivity index (χ1v) is 7.08. The number of aromatic hydroxyl groups is 1. The van der Waals surface area contributed by atoms with E-state index in [9.17, 15) is 5.11 Å². The summed E-state index contributed by atoms with van der Waals surface area (Å²) in [6.45, 7) is 2.18. The van der Waals surface area contributed by atoms with Crippen molar-refractivity contribution in [2.45, 2.75) is 38.6 Å². The Morgan fingerprint density at radius 2 is 1.76 bits per heavy atom. The van der Waals surface area contributed by atoms with E-state index in [1.165, 1.54) is 12.8 Å². The van der Waals surface area contributed by atoms with Crippen LogP contribution in [-0.4, -0.2) is 5.11 Å². The van der Waals surface area contributed by atoms with Gasteiger partial charge >= 0.3 is 0 Å². The van der Waals surface area contributed by atoms with Crippen molar-refractivity contribution in [2.75, 3.05) is 0 Å². The van der Waals surface area contributed by atoms with E-state index < -0.39 is 0 Å². The maximum atomic E-state index is 9.59. The SMILES string of the molecule is CCCCC[C@H](N)c1cc(Br)c(O)c(Br)c1.Cl. The Morgan fingerprint density at radius 3 is 2.24 bits per heavy atom. The number of hydrogen-bond acceptors (Lipinski definition) is 2. The van der Waals surface area contributed by atoms with Gasteiger partial charge in [-0.1, -0.05) is 26.2 Å². The maximum Gasteiger partial charge on any atom is 0.143 e. The summed E-state index contributed by atoms with van der Waals surface area (Å²) in [5.41, 5.74) is 7.15. The van der Waals surface area contributed by atoms with Crippen LogP contribution in [-0.2, 0) is 0 Å². The van der Waals surface area contributed by atoms with Crippen molar-refractivity contribution in [1.29, 1.82) is 0 Å². The summed E-state index contributed by atoms with van der Waals surface area (Å²) in [7, 11) is 0. The molecular formula is C12H18Br2ClNO. The maximum absolute atomic E-state index is 9.59. The number of phenols is 1. The first-order chi connectivity index (χ1) is 7.56. The number of rotatable bonds is 5. The summed E-state index contributed by atoms with van der Waals surface area (Å²) in [5, 5.41) is 9.59. The monoisotopic (exact) mass is 385 g/mol. The van der Waals surface area contributed by atoms with Gasteiger partial charge in [0.25, 0.3) is 0 Å². The topological polar surface area (TPSA) is 46.2 Å². The molecule has 0 unspecified atom stereocenters. The lowest BCUT2D eigenvalue weighted by Gasteiger charge is -2.13. The number of nitrogens with two attached hydrogens (primary N) is 1. The van der Waals surface area contributed by atoms with E-state index in [0.717, 1.165) is 18.4 Å². The van der Waals surface area contributed by atoms with Gasteiger partial charge in [0.15, 0.2) is 0 Å². The largest absolute Gasteiger partial charge is 0.506 e. The van der Waals surface area contributed by atoms with Gasteiger partial charge < -0.3 is 10.8 Å². The van der Waals surface area contributed by atoms with E-state index in [1.54, 1.807) is 0 Å². The van der Waals surface area contributed by atoms with E-state index >= 15 is 0 Å². The van der Waals surface area contributed by atoms with Gasteiger partial charge in [0.2, 0.25) is 0 Å². The molecule has 2 nitrogen and oxygen atoms in total. The molecule has 0 bridgehead atoms. The summed E-state index contributed by atoms with van der Waals surface area (Å²) in [6, 6.07) is 3.81. The predicted octanol–water partition coefficient (Wildman–Crippen LogP) is 4.92. The molecule has 98 valence electrons. The van der Waals surface area contributed by atoms with Crippen LogP contribution in [0.5, 0.6) is 5.75 Å². The van der Waals surface area contributed by atoms with Crippen LogP contribution < -0.4 is 5.73 Å². The molecule has 0 aliphatic carbocycles. The lowest BCUT2D eigenvalue weighted by Crippen LogP contribution is -2.10. The third-order valence-electron chi connectivity index (χ3n) is 2.59. The lowest BCUT2D eigenvalue weighted by molar-refractivity contribution is 0.467. The van der Waals surface area contributed by atoms with Crippen LogP contribution in [0.4, 0.5) is 0 Å². The van der Waals surface area contributed by atoms with Crippen LogP contribution in [0.25, 0.3) is 0 Å². The number of halogens is 3. The molecule has 0 spiro atoms. The zero-order valence-electron chi connectivity index (χ0n) is 9.75. The molecule has 0 fully saturated rings. The standard InChI is InChI=1S/C12H17Br2NO.ClH/c1-2-3-4-5-11(15)8-6-9(13)12(16)10(14)7-8;/h6-7,11,16H,2-5,15H2,1H3;1H/t11-;/m0./s1. The first kappa shape index (κ1) is 17.2. The Hall–Kier alpha value is 0.230. The second-order valence-corrected chi connectivity index (χ2v) is 5.64. The van der Waals surface area contributed by atoms with Crippen molar-refractivity contribution < 1.29 is 5.11 Å². The lowest BCUT2D eigenvalue weighted by atomic mass is 10.0. The van der Waals surface area contributed by atoms with Crippen molar-refractivity contribution >= 4 is 44.3 Å². The molecule has 0 amide bonds. The average molecular weight is 388 g/mol. The third kappa shape index (κ3) is 5.16. The number of benzene rings is 1. The Bertz CT molecular complexity index is 337. The van der Waals surface area contributed by atoms with E-state index in [4.69, 9.17) is 5.73 Å². The molecule has 0 radical (unpaired) electrons. The van der Waals surface area contributed by atoms with Gasteiger partial charge in [0, 0.05) is 6.04 Å². The minimum Gasteiger partial charge on any atom is -0.506 e. The molecule has 0 aliphatic rings. The molecule has 1 aromatic rings. The highest BCUT2D eigenvalue weighted by Gasteiger charge is 2.11. The Balaban J connectivity index is 0.00000256.